The molecule has 0 saturated carbocycles. The standard InChI is InChI=1S/C7H13NO2/c1-3-10-7(2)4-5-8-6-9/h7H,3-5H2,1-2H3. The highest BCUT2D eigenvalue weighted by Gasteiger charge is 1.97. The molecule has 0 radical (unpaired) electrons. The number of carbonyl (C=O) groups excluding carboxylic acids is 1. The molecular formula is C7H13NO2. The quantitative estimate of drug-likeness (QED) is 0.427. The van der Waals surface area contributed by atoms with Gasteiger partial charge >= 0.3 is 0 Å². The van der Waals surface area contributed by atoms with Crippen LogP contribution in [0.15, 0.2) is 4.99 Å². The van der Waals surface area contributed by atoms with Gasteiger partial charge in [0.15, 0.2) is 0 Å². The summed E-state index contributed by atoms with van der Waals surface area (Å²) in [6.07, 6.45) is 2.48. The van der Waals surface area contributed by atoms with E-state index in [-0.39, 0.29) is 6.10 Å². The topological polar surface area (TPSA) is 38.7 Å². The molecule has 0 fully saturated rings. The van der Waals surface area contributed by atoms with Crippen LogP contribution in [0.3, 0.4) is 0 Å². The monoisotopic (exact) mass is 143 g/mol. The maximum atomic E-state index is 9.61. The minimum absolute atomic E-state index is 0.196. The largest absolute Gasteiger partial charge is 0.379 e. The third-order valence-electron chi connectivity index (χ3n) is 1.16. The Morgan fingerprint density at radius 1 is 1.70 bits per heavy atom. The smallest absolute Gasteiger partial charge is 0.234 e. The maximum absolute atomic E-state index is 9.61. The Bertz CT molecular complexity index is 119. The Morgan fingerprint density at radius 3 is 2.90 bits per heavy atom. The van der Waals surface area contributed by atoms with Gasteiger partial charge in [0.25, 0.3) is 0 Å². The average Bonchev–Trinajstić information content (AvgIpc) is 1.89. The molecule has 0 N–H and O–H groups in total. The van der Waals surface area contributed by atoms with Gasteiger partial charge in [0, 0.05) is 6.61 Å². The van der Waals surface area contributed by atoms with Crippen molar-refractivity contribution in [3.63, 3.8) is 0 Å². The lowest BCUT2D eigenvalue weighted by Crippen LogP contribution is -2.08. The molecule has 0 aliphatic heterocycles. The van der Waals surface area contributed by atoms with Gasteiger partial charge in [0.05, 0.1) is 12.6 Å². The van der Waals surface area contributed by atoms with E-state index in [0.29, 0.717) is 13.2 Å². The summed E-state index contributed by atoms with van der Waals surface area (Å²) in [6, 6.07) is 0. The number of isocyanates is 1. The van der Waals surface area contributed by atoms with E-state index >= 15 is 0 Å². The first-order valence-electron chi connectivity index (χ1n) is 3.46. The number of aliphatic imine (C=N–C) groups is 1. The van der Waals surface area contributed by atoms with Crippen molar-refractivity contribution in [2.45, 2.75) is 26.4 Å². The highest BCUT2D eigenvalue weighted by molar-refractivity contribution is 5.32. The minimum atomic E-state index is 0.196. The third kappa shape index (κ3) is 5.48. The summed E-state index contributed by atoms with van der Waals surface area (Å²) < 4.78 is 5.20. The molecule has 1 atom stereocenters. The van der Waals surface area contributed by atoms with Gasteiger partial charge in [-0.15, -0.1) is 0 Å². The lowest BCUT2D eigenvalue weighted by molar-refractivity contribution is 0.0722. The second-order valence-electron chi connectivity index (χ2n) is 2.03. The second kappa shape index (κ2) is 6.46. The highest BCUT2D eigenvalue weighted by Crippen LogP contribution is 1.95. The van der Waals surface area contributed by atoms with Gasteiger partial charge < -0.3 is 4.74 Å². The zero-order valence-electron chi connectivity index (χ0n) is 6.46. The van der Waals surface area contributed by atoms with Gasteiger partial charge in [-0.1, -0.05) is 0 Å². The fourth-order valence-corrected chi connectivity index (χ4v) is 0.660. The molecule has 1 unspecified atom stereocenters. The minimum Gasteiger partial charge on any atom is -0.379 e. The fourth-order valence-electron chi connectivity index (χ4n) is 0.660. The van der Waals surface area contributed by atoms with Crippen LogP contribution in [0.4, 0.5) is 0 Å². The van der Waals surface area contributed by atoms with Crippen molar-refractivity contribution in [1.82, 2.24) is 0 Å². The molecule has 3 heteroatoms. The summed E-state index contributed by atoms with van der Waals surface area (Å²) in [4.78, 5) is 13.0. The molecule has 0 heterocycles. The van der Waals surface area contributed by atoms with Crippen LogP contribution < -0.4 is 0 Å². The van der Waals surface area contributed by atoms with Crippen molar-refractivity contribution in [3.8, 4) is 0 Å². The Hall–Kier alpha value is -0.660. The number of rotatable bonds is 5. The van der Waals surface area contributed by atoms with Crippen molar-refractivity contribution in [3.05, 3.63) is 0 Å². The van der Waals surface area contributed by atoms with Crippen molar-refractivity contribution < 1.29 is 9.53 Å². The lowest BCUT2D eigenvalue weighted by atomic mass is 10.3. The molecule has 0 aromatic carbocycles. The lowest BCUT2D eigenvalue weighted by Gasteiger charge is -2.07. The summed E-state index contributed by atoms with van der Waals surface area (Å²) in [5.41, 5.74) is 0. The van der Waals surface area contributed by atoms with Crippen LogP contribution in [0.2, 0.25) is 0 Å². The molecule has 10 heavy (non-hydrogen) atoms. The fraction of sp³-hybridized carbons (Fsp3) is 0.857. The molecule has 0 aromatic rings. The molecule has 0 aliphatic rings. The Morgan fingerprint density at radius 2 is 2.40 bits per heavy atom. The predicted octanol–water partition coefficient (Wildman–Crippen LogP) is 1.14. The molecule has 58 valence electrons. The first-order chi connectivity index (χ1) is 4.81. The zero-order chi connectivity index (χ0) is 7.82. The molecule has 0 amide bonds. The van der Waals surface area contributed by atoms with E-state index in [2.05, 4.69) is 4.99 Å². The van der Waals surface area contributed by atoms with Crippen molar-refractivity contribution in [1.29, 1.82) is 0 Å². The number of hydrogen-bond donors (Lipinski definition) is 0. The van der Waals surface area contributed by atoms with Crippen LogP contribution in [0, 0.1) is 0 Å². The molecule has 3 nitrogen and oxygen atoms in total. The predicted molar refractivity (Wildman–Crippen MR) is 38.7 cm³/mol. The van der Waals surface area contributed by atoms with Gasteiger partial charge in [0.1, 0.15) is 0 Å². The normalized spacial score (nSPS) is 12.2. The van der Waals surface area contributed by atoms with Crippen molar-refractivity contribution in [2.24, 2.45) is 4.99 Å². The van der Waals surface area contributed by atoms with Crippen LogP contribution >= 0.6 is 0 Å². The molecule has 0 spiro atoms. The van der Waals surface area contributed by atoms with Gasteiger partial charge in [-0.05, 0) is 20.3 Å². The summed E-state index contributed by atoms with van der Waals surface area (Å²) in [5, 5.41) is 0. The van der Waals surface area contributed by atoms with Crippen molar-refractivity contribution >= 4 is 6.08 Å². The van der Waals surface area contributed by atoms with Crippen LogP contribution in [0.5, 0.6) is 0 Å². The van der Waals surface area contributed by atoms with Gasteiger partial charge in [-0.3, -0.25) is 0 Å². The van der Waals surface area contributed by atoms with E-state index in [1.807, 2.05) is 13.8 Å². The molecule has 0 aromatic heterocycles. The van der Waals surface area contributed by atoms with E-state index in [1.165, 1.54) is 6.08 Å². The SMILES string of the molecule is CCOC(C)CCN=C=O. The van der Waals surface area contributed by atoms with Crippen LogP contribution in [0.1, 0.15) is 20.3 Å². The number of ether oxygens (including phenoxy) is 1. The molecule has 0 aliphatic carbocycles. The highest BCUT2D eigenvalue weighted by atomic mass is 16.5. The molecule has 0 bridgehead atoms. The summed E-state index contributed by atoms with van der Waals surface area (Å²) in [7, 11) is 0. The van der Waals surface area contributed by atoms with Crippen LogP contribution in [-0.4, -0.2) is 25.3 Å². The zero-order valence-corrected chi connectivity index (χ0v) is 6.46. The van der Waals surface area contributed by atoms with E-state index in [0.717, 1.165) is 6.42 Å². The Labute approximate surface area is 61.1 Å². The molecule has 0 rings (SSSR count). The Kier molecular flexibility index (Phi) is 6.03. The first kappa shape index (κ1) is 9.34. The maximum Gasteiger partial charge on any atom is 0.234 e. The summed E-state index contributed by atoms with van der Waals surface area (Å²) >= 11 is 0. The van der Waals surface area contributed by atoms with Crippen LogP contribution in [-0.2, 0) is 9.53 Å². The van der Waals surface area contributed by atoms with E-state index < -0.39 is 0 Å². The summed E-state index contributed by atoms with van der Waals surface area (Å²) in [5.74, 6) is 0. The molecular weight excluding hydrogens is 130 g/mol. The van der Waals surface area contributed by atoms with Crippen molar-refractivity contribution in [2.75, 3.05) is 13.2 Å². The van der Waals surface area contributed by atoms with E-state index in [9.17, 15) is 4.79 Å². The first-order valence-corrected chi connectivity index (χ1v) is 3.46. The van der Waals surface area contributed by atoms with Gasteiger partial charge in [0.2, 0.25) is 6.08 Å². The van der Waals surface area contributed by atoms with Gasteiger partial charge in [-0.2, -0.15) is 0 Å². The van der Waals surface area contributed by atoms with Crippen LogP contribution in [0.25, 0.3) is 0 Å². The number of nitrogens with zero attached hydrogens (tertiary/aromatic N) is 1. The second-order valence-corrected chi connectivity index (χ2v) is 2.03. The van der Waals surface area contributed by atoms with E-state index in [4.69, 9.17) is 4.74 Å². The average molecular weight is 143 g/mol. The summed E-state index contributed by atoms with van der Waals surface area (Å²) in [6.45, 7) is 5.14. The van der Waals surface area contributed by atoms with E-state index in [1.54, 1.807) is 0 Å². The number of hydrogen-bond acceptors (Lipinski definition) is 3. The molecule has 0 saturated heterocycles. The van der Waals surface area contributed by atoms with Gasteiger partial charge in [-0.25, -0.2) is 9.79 Å². The third-order valence-corrected chi connectivity index (χ3v) is 1.16. The Balaban J connectivity index is 3.20.